The molecule has 0 radical (unpaired) electrons. The van der Waals surface area contributed by atoms with Crippen LogP contribution < -0.4 is 10.1 Å². The molecule has 0 atom stereocenters. The molecule has 3 aromatic rings. The zero-order chi connectivity index (χ0) is 20.9. The van der Waals surface area contributed by atoms with Gasteiger partial charge in [-0.25, -0.2) is 4.39 Å². The monoisotopic (exact) mass is 404 g/mol. The summed E-state index contributed by atoms with van der Waals surface area (Å²) in [6, 6.07) is 20.5. The topological polar surface area (TPSA) is 58.6 Å². The molecule has 0 aromatic heterocycles. The summed E-state index contributed by atoms with van der Waals surface area (Å²) in [6.45, 7) is 0.984. The molecular weight excluding hydrogens is 383 g/mol. The van der Waals surface area contributed by atoms with Crippen LogP contribution in [0.5, 0.6) is 5.75 Å². The molecule has 0 unspecified atom stereocenters. The van der Waals surface area contributed by atoms with E-state index in [1.54, 1.807) is 0 Å². The Balaban J connectivity index is 1.38. The standard InChI is InChI=1S/C24H21FN2O3/c25-20-7-10-22(11-8-20)30-16-23(28)26-21-9-6-17-12-13-27(15-19(17)14-21)24(29)18-4-2-1-3-5-18/h1-11,14H,12-13,15-16H2,(H,26,28). The van der Waals surface area contributed by atoms with Crippen LogP contribution in [0.3, 0.4) is 0 Å². The van der Waals surface area contributed by atoms with Crippen LogP contribution in [0.25, 0.3) is 0 Å². The van der Waals surface area contributed by atoms with E-state index >= 15 is 0 Å². The molecule has 1 aliphatic rings. The molecule has 5 nitrogen and oxygen atoms in total. The van der Waals surface area contributed by atoms with Crippen LogP contribution in [0, 0.1) is 5.82 Å². The molecule has 0 saturated carbocycles. The normalized spacial score (nSPS) is 12.8. The van der Waals surface area contributed by atoms with Crippen molar-refractivity contribution >= 4 is 17.5 Å². The fraction of sp³-hybridized carbons (Fsp3) is 0.167. The lowest BCUT2D eigenvalue weighted by atomic mass is 9.98. The molecule has 0 fully saturated rings. The Bertz CT molecular complexity index is 1050. The van der Waals surface area contributed by atoms with Crippen LogP contribution in [0.4, 0.5) is 10.1 Å². The van der Waals surface area contributed by atoms with Crippen molar-refractivity contribution in [3.63, 3.8) is 0 Å². The molecule has 4 rings (SSSR count). The largest absolute Gasteiger partial charge is 0.484 e. The molecular formula is C24H21FN2O3. The number of halogens is 1. The predicted octanol–water partition coefficient (Wildman–Crippen LogP) is 4.04. The summed E-state index contributed by atoms with van der Waals surface area (Å²) in [5, 5.41) is 2.81. The molecule has 30 heavy (non-hydrogen) atoms. The van der Waals surface area contributed by atoms with Crippen molar-refractivity contribution in [3.05, 3.63) is 95.3 Å². The van der Waals surface area contributed by atoms with Crippen molar-refractivity contribution in [2.24, 2.45) is 0 Å². The highest BCUT2D eigenvalue weighted by Crippen LogP contribution is 2.24. The smallest absolute Gasteiger partial charge is 0.262 e. The number of carbonyl (C=O) groups excluding carboxylic acids is 2. The number of anilines is 1. The lowest BCUT2D eigenvalue weighted by molar-refractivity contribution is -0.118. The van der Waals surface area contributed by atoms with Crippen LogP contribution in [0.1, 0.15) is 21.5 Å². The van der Waals surface area contributed by atoms with E-state index in [2.05, 4.69) is 5.32 Å². The Morgan fingerprint density at radius 1 is 0.967 bits per heavy atom. The van der Waals surface area contributed by atoms with E-state index in [0.717, 1.165) is 12.0 Å². The molecule has 152 valence electrons. The van der Waals surface area contributed by atoms with Gasteiger partial charge in [0.25, 0.3) is 11.8 Å². The van der Waals surface area contributed by atoms with Crippen LogP contribution in [-0.2, 0) is 17.8 Å². The second-order valence-electron chi connectivity index (χ2n) is 7.12. The second kappa shape index (κ2) is 8.78. The van der Waals surface area contributed by atoms with Crippen molar-refractivity contribution in [2.45, 2.75) is 13.0 Å². The minimum Gasteiger partial charge on any atom is -0.484 e. The van der Waals surface area contributed by atoms with E-state index in [1.807, 2.05) is 53.4 Å². The van der Waals surface area contributed by atoms with Crippen molar-refractivity contribution in [2.75, 3.05) is 18.5 Å². The first-order valence-corrected chi connectivity index (χ1v) is 9.73. The van der Waals surface area contributed by atoms with E-state index in [9.17, 15) is 14.0 Å². The maximum absolute atomic E-state index is 12.9. The number of nitrogens with zero attached hydrogens (tertiary/aromatic N) is 1. The van der Waals surface area contributed by atoms with Gasteiger partial charge in [0.15, 0.2) is 6.61 Å². The van der Waals surface area contributed by atoms with E-state index in [-0.39, 0.29) is 24.2 Å². The lowest BCUT2D eigenvalue weighted by Gasteiger charge is -2.29. The number of rotatable bonds is 5. The first-order chi connectivity index (χ1) is 14.6. The molecule has 1 N–H and O–H groups in total. The third kappa shape index (κ3) is 4.66. The highest BCUT2D eigenvalue weighted by molar-refractivity contribution is 5.94. The van der Waals surface area contributed by atoms with Gasteiger partial charge in [0, 0.05) is 24.3 Å². The fourth-order valence-electron chi connectivity index (χ4n) is 3.45. The van der Waals surface area contributed by atoms with Crippen molar-refractivity contribution < 1.29 is 18.7 Å². The molecule has 1 aliphatic heterocycles. The Morgan fingerprint density at radius 2 is 1.73 bits per heavy atom. The maximum atomic E-state index is 12.9. The first-order valence-electron chi connectivity index (χ1n) is 9.73. The van der Waals surface area contributed by atoms with Crippen molar-refractivity contribution in [1.82, 2.24) is 4.90 Å². The maximum Gasteiger partial charge on any atom is 0.262 e. The summed E-state index contributed by atoms with van der Waals surface area (Å²) in [7, 11) is 0. The second-order valence-corrected chi connectivity index (χ2v) is 7.12. The Labute approximate surface area is 174 Å². The number of amides is 2. The summed E-state index contributed by atoms with van der Waals surface area (Å²) in [6.07, 6.45) is 0.774. The molecule has 2 amide bonds. The number of ether oxygens (including phenoxy) is 1. The number of benzene rings is 3. The molecule has 0 bridgehead atoms. The molecule has 6 heteroatoms. The van der Waals surface area contributed by atoms with Gasteiger partial charge in [-0.1, -0.05) is 24.3 Å². The lowest BCUT2D eigenvalue weighted by Crippen LogP contribution is -2.36. The van der Waals surface area contributed by atoms with Gasteiger partial charge in [0.1, 0.15) is 11.6 Å². The number of hydrogen-bond donors (Lipinski definition) is 1. The minimum atomic E-state index is -0.361. The molecule has 1 heterocycles. The van der Waals surface area contributed by atoms with Crippen LogP contribution in [0.15, 0.2) is 72.8 Å². The predicted molar refractivity (Wildman–Crippen MR) is 112 cm³/mol. The third-order valence-electron chi connectivity index (χ3n) is 4.99. The van der Waals surface area contributed by atoms with E-state index in [4.69, 9.17) is 4.74 Å². The average molecular weight is 404 g/mol. The van der Waals surface area contributed by atoms with Gasteiger partial charge < -0.3 is 15.0 Å². The third-order valence-corrected chi connectivity index (χ3v) is 4.99. The number of nitrogens with one attached hydrogen (secondary N) is 1. The fourth-order valence-corrected chi connectivity index (χ4v) is 3.45. The summed E-state index contributed by atoms with van der Waals surface area (Å²) in [5.41, 5.74) is 3.51. The van der Waals surface area contributed by atoms with Gasteiger partial charge in [-0.15, -0.1) is 0 Å². The van der Waals surface area contributed by atoms with Gasteiger partial charge in [-0.3, -0.25) is 9.59 Å². The van der Waals surface area contributed by atoms with Gasteiger partial charge >= 0.3 is 0 Å². The number of carbonyl (C=O) groups is 2. The van der Waals surface area contributed by atoms with Gasteiger partial charge in [0.05, 0.1) is 0 Å². The quantitative estimate of drug-likeness (QED) is 0.698. The number of hydrogen-bond acceptors (Lipinski definition) is 3. The van der Waals surface area contributed by atoms with Gasteiger partial charge in [-0.05, 0) is 66.1 Å². The summed E-state index contributed by atoms with van der Waals surface area (Å²) < 4.78 is 18.3. The Morgan fingerprint density at radius 3 is 2.50 bits per heavy atom. The van der Waals surface area contributed by atoms with E-state index in [0.29, 0.717) is 30.1 Å². The zero-order valence-corrected chi connectivity index (χ0v) is 16.3. The molecule has 0 spiro atoms. The van der Waals surface area contributed by atoms with Crippen LogP contribution in [-0.4, -0.2) is 29.9 Å². The SMILES string of the molecule is O=C(COc1ccc(F)cc1)Nc1ccc2c(c1)CN(C(=O)c1ccccc1)CC2. The highest BCUT2D eigenvalue weighted by Gasteiger charge is 2.22. The summed E-state index contributed by atoms with van der Waals surface area (Å²) >= 11 is 0. The van der Waals surface area contributed by atoms with Crippen molar-refractivity contribution in [1.29, 1.82) is 0 Å². The van der Waals surface area contributed by atoms with Gasteiger partial charge in [-0.2, -0.15) is 0 Å². The number of fused-ring (bicyclic) bond motifs is 1. The molecule has 0 aliphatic carbocycles. The average Bonchev–Trinajstić information content (AvgIpc) is 2.78. The highest BCUT2D eigenvalue weighted by atomic mass is 19.1. The van der Waals surface area contributed by atoms with Crippen molar-refractivity contribution in [3.8, 4) is 5.75 Å². The summed E-state index contributed by atoms with van der Waals surface area (Å²) in [5.74, 6) is -0.247. The van der Waals surface area contributed by atoms with Crippen LogP contribution >= 0.6 is 0 Å². The first kappa shape index (κ1) is 19.6. The van der Waals surface area contributed by atoms with E-state index < -0.39 is 0 Å². The molecule has 0 saturated heterocycles. The Hall–Kier alpha value is -3.67. The van der Waals surface area contributed by atoms with Crippen LogP contribution in [0.2, 0.25) is 0 Å². The zero-order valence-electron chi connectivity index (χ0n) is 16.3. The summed E-state index contributed by atoms with van der Waals surface area (Å²) in [4.78, 5) is 26.8. The molecule has 3 aromatic carbocycles. The Kier molecular flexibility index (Phi) is 5.75. The van der Waals surface area contributed by atoms with Gasteiger partial charge in [0.2, 0.25) is 0 Å². The van der Waals surface area contributed by atoms with E-state index in [1.165, 1.54) is 29.8 Å². The minimum absolute atomic E-state index is 0.00314.